The third kappa shape index (κ3) is 4.39. The molecule has 5 nitrogen and oxygen atoms in total. The first-order valence-electron chi connectivity index (χ1n) is 8.81. The van der Waals surface area contributed by atoms with Crippen molar-refractivity contribution in [2.75, 3.05) is 45.3 Å². The Morgan fingerprint density at radius 2 is 1.56 bits per heavy atom. The van der Waals surface area contributed by atoms with Crippen molar-refractivity contribution < 1.29 is 18.7 Å². The molecule has 1 aliphatic rings. The molecule has 1 saturated heterocycles. The van der Waals surface area contributed by atoms with Crippen molar-refractivity contribution in [3.63, 3.8) is 0 Å². The normalized spacial score (nSPS) is 14.5. The van der Waals surface area contributed by atoms with E-state index in [0.29, 0.717) is 37.7 Å². The monoisotopic (exact) mass is 370 g/mol. The van der Waals surface area contributed by atoms with E-state index in [1.807, 2.05) is 18.2 Å². The number of benzene rings is 2. The number of rotatable bonds is 5. The SMILES string of the molecule is COc1cccc(OC)c1/C=C/C(=O)N1CCN(c2ccc(F)cc2)CC1. The van der Waals surface area contributed by atoms with E-state index in [4.69, 9.17) is 9.47 Å². The fourth-order valence-corrected chi connectivity index (χ4v) is 3.14. The number of carbonyl (C=O) groups excluding carboxylic acids is 1. The zero-order valence-corrected chi connectivity index (χ0v) is 15.5. The molecule has 1 heterocycles. The van der Waals surface area contributed by atoms with E-state index in [9.17, 15) is 9.18 Å². The second-order valence-corrected chi connectivity index (χ2v) is 6.20. The molecular weight excluding hydrogens is 347 g/mol. The van der Waals surface area contributed by atoms with Gasteiger partial charge in [0.25, 0.3) is 0 Å². The number of amides is 1. The van der Waals surface area contributed by atoms with Gasteiger partial charge in [0.2, 0.25) is 5.91 Å². The smallest absolute Gasteiger partial charge is 0.246 e. The summed E-state index contributed by atoms with van der Waals surface area (Å²) < 4.78 is 23.8. The Morgan fingerprint density at radius 1 is 0.963 bits per heavy atom. The van der Waals surface area contributed by atoms with Gasteiger partial charge in [-0.25, -0.2) is 4.39 Å². The molecule has 0 aromatic heterocycles. The molecule has 1 amide bonds. The number of carbonyl (C=O) groups is 1. The van der Waals surface area contributed by atoms with Crippen molar-refractivity contribution in [3.05, 3.63) is 59.9 Å². The number of nitrogens with zero attached hydrogens (tertiary/aromatic N) is 2. The Bertz CT molecular complexity index is 790. The second-order valence-electron chi connectivity index (χ2n) is 6.20. The van der Waals surface area contributed by atoms with E-state index in [1.165, 1.54) is 12.1 Å². The van der Waals surface area contributed by atoms with Gasteiger partial charge < -0.3 is 19.3 Å². The fraction of sp³-hybridized carbons (Fsp3) is 0.286. The van der Waals surface area contributed by atoms with Crippen LogP contribution in [0.5, 0.6) is 11.5 Å². The van der Waals surface area contributed by atoms with Crippen LogP contribution in [0.1, 0.15) is 5.56 Å². The zero-order valence-electron chi connectivity index (χ0n) is 15.5. The third-order valence-corrected chi connectivity index (χ3v) is 4.64. The molecular formula is C21H23FN2O3. The topological polar surface area (TPSA) is 42.0 Å². The average Bonchev–Trinajstić information content (AvgIpc) is 2.72. The lowest BCUT2D eigenvalue weighted by Gasteiger charge is -2.35. The van der Waals surface area contributed by atoms with Gasteiger partial charge in [0.05, 0.1) is 19.8 Å². The summed E-state index contributed by atoms with van der Waals surface area (Å²) in [5.74, 6) is 1.00. The highest BCUT2D eigenvalue weighted by Gasteiger charge is 2.20. The summed E-state index contributed by atoms with van der Waals surface area (Å²) in [5, 5.41) is 0. The average molecular weight is 370 g/mol. The number of halogens is 1. The Labute approximate surface area is 158 Å². The van der Waals surface area contributed by atoms with Crippen LogP contribution in [0.25, 0.3) is 6.08 Å². The van der Waals surface area contributed by atoms with Gasteiger partial charge in [-0.15, -0.1) is 0 Å². The summed E-state index contributed by atoms with van der Waals surface area (Å²) in [7, 11) is 3.17. The maximum atomic E-state index is 13.1. The minimum Gasteiger partial charge on any atom is -0.496 e. The molecule has 0 aliphatic carbocycles. The molecule has 0 radical (unpaired) electrons. The predicted molar refractivity (Wildman–Crippen MR) is 104 cm³/mol. The van der Waals surface area contributed by atoms with Gasteiger partial charge in [-0.05, 0) is 42.5 Å². The first kappa shape index (κ1) is 18.8. The Morgan fingerprint density at radius 3 is 2.11 bits per heavy atom. The van der Waals surface area contributed by atoms with Crippen LogP contribution < -0.4 is 14.4 Å². The number of methoxy groups -OCH3 is 2. The molecule has 0 unspecified atom stereocenters. The minimum atomic E-state index is -0.246. The summed E-state index contributed by atoms with van der Waals surface area (Å²) >= 11 is 0. The molecule has 3 rings (SSSR count). The Balaban J connectivity index is 1.63. The Hall–Kier alpha value is -3.02. The highest BCUT2D eigenvalue weighted by molar-refractivity contribution is 5.92. The standard InChI is InChI=1S/C21H23FN2O3/c1-26-19-4-3-5-20(27-2)18(19)10-11-21(25)24-14-12-23(13-15-24)17-8-6-16(22)7-9-17/h3-11H,12-15H2,1-2H3/b11-10+. The van der Waals surface area contributed by atoms with Gasteiger partial charge in [0, 0.05) is 37.9 Å². The number of hydrogen-bond acceptors (Lipinski definition) is 4. The first-order valence-corrected chi connectivity index (χ1v) is 8.81. The van der Waals surface area contributed by atoms with E-state index in [2.05, 4.69) is 4.90 Å². The van der Waals surface area contributed by atoms with Crippen molar-refractivity contribution in [2.45, 2.75) is 0 Å². The summed E-state index contributed by atoms with van der Waals surface area (Å²) in [4.78, 5) is 16.5. The van der Waals surface area contributed by atoms with Crippen LogP contribution in [-0.2, 0) is 4.79 Å². The Kier molecular flexibility index (Phi) is 5.96. The van der Waals surface area contributed by atoms with Gasteiger partial charge in [0.15, 0.2) is 0 Å². The van der Waals surface area contributed by atoms with Gasteiger partial charge in [0.1, 0.15) is 17.3 Å². The summed E-state index contributed by atoms with van der Waals surface area (Å²) in [6.07, 6.45) is 3.28. The molecule has 1 aliphatic heterocycles. The van der Waals surface area contributed by atoms with Gasteiger partial charge in [-0.2, -0.15) is 0 Å². The summed E-state index contributed by atoms with van der Waals surface area (Å²) in [6.45, 7) is 2.65. The maximum Gasteiger partial charge on any atom is 0.246 e. The largest absolute Gasteiger partial charge is 0.496 e. The highest BCUT2D eigenvalue weighted by atomic mass is 19.1. The van der Waals surface area contributed by atoms with Gasteiger partial charge >= 0.3 is 0 Å². The van der Waals surface area contributed by atoms with E-state index in [1.54, 1.807) is 43.4 Å². The molecule has 0 atom stereocenters. The molecule has 6 heteroatoms. The van der Waals surface area contributed by atoms with E-state index < -0.39 is 0 Å². The minimum absolute atomic E-state index is 0.0540. The molecule has 0 spiro atoms. The van der Waals surface area contributed by atoms with E-state index in [0.717, 1.165) is 11.3 Å². The van der Waals surface area contributed by atoms with E-state index >= 15 is 0 Å². The van der Waals surface area contributed by atoms with Crippen LogP contribution in [0.2, 0.25) is 0 Å². The van der Waals surface area contributed by atoms with Crippen LogP contribution in [0, 0.1) is 5.82 Å². The molecule has 27 heavy (non-hydrogen) atoms. The van der Waals surface area contributed by atoms with Crippen LogP contribution in [0.4, 0.5) is 10.1 Å². The molecule has 0 N–H and O–H groups in total. The second kappa shape index (κ2) is 8.58. The van der Waals surface area contributed by atoms with Crippen molar-refractivity contribution in [2.24, 2.45) is 0 Å². The number of anilines is 1. The van der Waals surface area contributed by atoms with Gasteiger partial charge in [-0.1, -0.05) is 6.07 Å². The molecule has 1 fully saturated rings. The number of piperazine rings is 1. The maximum absolute atomic E-state index is 13.1. The lowest BCUT2D eigenvalue weighted by molar-refractivity contribution is -0.126. The van der Waals surface area contributed by atoms with Crippen LogP contribution in [0.3, 0.4) is 0 Å². The van der Waals surface area contributed by atoms with Crippen LogP contribution >= 0.6 is 0 Å². The number of hydrogen-bond donors (Lipinski definition) is 0. The summed E-state index contributed by atoms with van der Waals surface area (Å²) in [6, 6.07) is 11.9. The van der Waals surface area contributed by atoms with Crippen molar-refractivity contribution in [1.82, 2.24) is 4.90 Å². The molecule has 0 saturated carbocycles. The van der Waals surface area contributed by atoms with E-state index in [-0.39, 0.29) is 11.7 Å². The predicted octanol–water partition coefficient (Wildman–Crippen LogP) is 3.20. The summed E-state index contributed by atoms with van der Waals surface area (Å²) in [5.41, 5.74) is 1.71. The molecule has 142 valence electrons. The fourth-order valence-electron chi connectivity index (χ4n) is 3.14. The third-order valence-electron chi connectivity index (χ3n) is 4.64. The molecule has 2 aromatic carbocycles. The quantitative estimate of drug-likeness (QED) is 0.758. The zero-order chi connectivity index (χ0) is 19.2. The van der Waals surface area contributed by atoms with Crippen molar-refractivity contribution >= 4 is 17.7 Å². The van der Waals surface area contributed by atoms with Crippen LogP contribution in [-0.4, -0.2) is 51.2 Å². The van der Waals surface area contributed by atoms with Crippen molar-refractivity contribution in [1.29, 1.82) is 0 Å². The molecule has 2 aromatic rings. The number of ether oxygens (including phenoxy) is 2. The lowest BCUT2D eigenvalue weighted by atomic mass is 10.1. The first-order chi connectivity index (χ1) is 13.1. The lowest BCUT2D eigenvalue weighted by Crippen LogP contribution is -2.48. The highest BCUT2D eigenvalue weighted by Crippen LogP contribution is 2.29. The molecule has 0 bridgehead atoms. The van der Waals surface area contributed by atoms with Crippen LogP contribution in [0.15, 0.2) is 48.5 Å². The van der Waals surface area contributed by atoms with Gasteiger partial charge in [-0.3, -0.25) is 4.79 Å². The van der Waals surface area contributed by atoms with Crippen molar-refractivity contribution in [3.8, 4) is 11.5 Å².